The summed E-state index contributed by atoms with van der Waals surface area (Å²) in [6, 6.07) is 71.8. The number of furan rings is 3. The fourth-order valence-electron chi connectivity index (χ4n) is 9.53. The van der Waals surface area contributed by atoms with E-state index >= 15 is 0 Å². The fourth-order valence-corrected chi connectivity index (χ4v) is 9.53. The maximum Gasteiger partial charge on any atom is 0.164 e. The van der Waals surface area contributed by atoms with Gasteiger partial charge in [0.25, 0.3) is 0 Å². The summed E-state index contributed by atoms with van der Waals surface area (Å²) in [4.78, 5) is 25.7. The van der Waals surface area contributed by atoms with Crippen molar-refractivity contribution in [1.82, 2.24) is 24.9 Å². The maximum atomic E-state index is 6.32. The summed E-state index contributed by atoms with van der Waals surface area (Å²) in [6.07, 6.45) is 0. The average molecular weight is 886 g/mol. The lowest BCUT2D eigenvalue weighted by Crippen LogP contribution is -2.00. The number of nitrogens with zero attached hydrogens (tertiary/aromatic N) is 5. The molecule has 0 aliphatic heterocycles. The average Bonchev–Trinajstić information content (AvgIpc) is 4.11. The Morgan fingerprint density at radius 1 is 0.203 bits per heavy atom. The van der Waals surface area contributed by atoms with Gasteiger partial charge in [-0.2, -0.15) is 0 Å². The molecule has 14 rings (SSSR count). The van der Waals surface area contributed by atoms with E-state index in [2.05, 4.69) is 103 Å². The van der Waals surface area contributed by atoms with Gasteiger partial charge >= 0.3 is 0 Å². The standard InChI is InChI=1S/C61H35N5O3/c1-2-12-36(13-3-1)58-62-50(35-51(63-58)40-24-27-47-44-18-4-7-21-52(44)67-55(47)32-40)39-16-10-14-37(30-39)38-15-11-17-41(31-38)59-64-60(42-25-28-48-45-19-5-8-22-53(45)68-56(48)33-42)66-61(65-59)43-26-29-49-46-20-6-9-23-54(46)69-57(49)34-43/h1-35H. The number of aromatic nitrogens is 5. The second-order valence-electron chi connectivity index (χ2n) is 17.2. The molecule has 0 saturated carbocycles. The van der Waals surface area contributed by atoms with Gasteiger partial charge in [-0.15, -0.1) is 0 Å². The molecular formula is C61H35N5O3. The van der Waals surface area contributed by atoms with Crippen LogP contribution < -0.4 is 0 Å². The van der Waals surface area contributed by atoms with Crippen molar-refractivity contribution in [2.45, 2.75) is 0 Å². The molecule has 322 valence electrons. The molecule has 0 unspecified atom stereocenters. The van der Waals surface area contributed by atoms with E-state index in [4.69, 9.17) is 38.2 Å². The molecule has 0 saturated heterocycles. The lowest BCUT2D eigenvalue weighted by molar-refractivity contribution is 0.668. The van der Waals surface area contributed by atoms with E-state index in [1.54, 1.807) is 0 Å². The Bertz CT molecular complexity index is 4210. The molecule has 8 heteroatoms. The summed E-state index contributed by atoms with van der Waals surface area (Å²) < 4.78 is 18.9. The first-order chi connectivity index (χ1) is 34.1. The molecule has 0 fully saturated rings. The van der Waals surface area contributed by atoms with Gasteiger partial charge in [-0.3, -0.25) is 0 Å². The van der Waals surface area contributed by atoms with E-state index in [1.165, 1.54) is 0 Å². The Hall–Kier alpha value is -9.53. The van der Waals surface area contributed by atoms with Crippen LogP contribution in [0.5, 0.6) is 0 Å². The monoisotopic (exact) mass is 885 g/mol. The Morgan fingerprint density at radius 3 is 1.04 bits per heavy atom. The van der Waals surface area contributed by atoms with Gasteiger partial charge in [0.05, 0.1) is 11.4 Å². The van der Waals surface area contributed by atoms with Crippen molar-refractivity contribution in [3.8, 4) is 79.2 Å². The van der Waals surface area contributed by atoms with Crippen molar-refractivity contribution in [2.24, 2.45) is 0 Å². The van der Waals surface area contributed by atoms with E-state index < -0.39 is 0 Å². The van der Waals surface area contributed by atoms with Gasteiger partial charge in [0.1, 0.15) is 33.5 Å². The van der Waals surface area contributed by atoms with E-state index in [1.807, 2.05) is 109 Å². The first-order valence-corrected chi connectivity index (χ1v) is 22.8. The summed E-state index contributed by atoms with van der Waals surface area (Å²) in [5, 5.41) is 6.36. The molecule has 14 aromatic rings. The minimum absolute atomic E-state index is 0.530. The number of para-hydroxylation sites is 3. The highest BCUT2D eigenvalue weighted by molar-refractivity contribution is 6.08. The molecule has 8 nitrogen and oxygen atoms in total. The van der Waals surface area contributed by atoms with Gasteiger partial charge in [0, 0.05) is 65.7 Å². The smallest absolute Gasteiger partial charge is 0.164 e. The Kier molecular flexibility index (Phi) is 8.72. The van der Waals surface area contributed by atoms with Crippen LogP contribution in [-0.4, -0.2) is 24.9 Å². The van der Waals surface area contributed by atoms with Crippen LogP contribution in [0, 0.1) is 0 Å². The Balaban J connectivity index is 0.874. The highest BCUT2D eigenvalue weighted by Crippen LogP contribution is 2.38. The summed E-state index contributed by atoms with van der Waals surface area (Å²) in [6.45, 7) is 0. The number of benzene rings is 9. The molecule has 0 aliphatic rings. The molecule has 9 aromatic carbocycles. The van der Waals surface area contributed by atoms with Gasteiger partial charge in [-0.1, -0.05) is 140 Å². The SMILES string of the molecule is c1ccc(-c2nc(-c3cccc(-c4cccc(-c5nc(-c6ccc7c(c6)oc6ccccc67)nc(-c6ccc7c(c6)oc6ccccc67)n5)c4)c3)cc(-c3ccc4c(c3)oc3ccccc34)n2)cc1. The predicted molar refractivity (Wildman–Crippen MR) is 275 cm³/mol. The summed E-state index contributed by atoms with van der Waals surface area (Å²) in [5.41, 5.74) is 13.8. The molecule has 5 aromatic heterocycles. The third-order valence-corrected chi connectivity index (χ3v) is 13.0. The van der Waals surface area contributed by atoms with Gasteiger partial charge in [-0.05, 0) is 83.9 Å². The van der Waals surface area contributed by atoms with Crippen LogP contribution in [0.4, 0.5) is 0 Å². The minimum atomic E-state index is 0.530. The fraction of sp³-hybridized carbons (Fsp3) is 0. The summed E-state index contributed by atoms with van der Waals surface area (Å²) >= 11 is 0. The molecule has 0 amide bonds. The zero-order valence-electron chi connectivity index (χ0n) is 36.7. The minimum Gasteiger partial charge on any atom is -0.456 e. The summed E-state index contributed by atoms with van der Waals surface area (Å²) in [5.74, 6) is 2.24. The lowest BCUT2D eigenvalue weighted by atomic mass is 9.99. The summed E-state index contributed by atoms with van der Waals surface area (Å²) in [7, 11) is 0. The molecule has 0 radical (unpaired) electrons. The zero-order valence-corrected chi connectivity index (χ0v) is 36.7. The predicted octanol–water partition coefficient (Wildman–Crippen LogP) is 16.0. The molecule has 0 aliphatic carbocycles. The topological polar surface area (TPSA) is 104 Å². The van der Waals surface area contributed by atoms with Crippen molar-refractivity contribution >= 4 is 65.8 Å². The first kappa shape index (κ1) is 38.7. The van der Waals surface area contributed by atoms with Crippen LogP contribution >= 0.6 is 0 Å². The first-order valence-electron chi connectivity index (χ1n) is 22.8. The molecule has 0 N–H and O–H groups in total. The van der Waals surface area contributed by atoms with E-state index in [0.717, 1.165) is 122 Å². The Morgan fingerprint density at radius 2 is 0.536 bits per heavy atom. The van der Waals surface area contributed by atoms with Gasteiger partial charge < -0.3 is 13.3 Å². The normalized spacial score (nSPS) is 11.8. The molecule has 0 spiro atoms. The number of fused-ring (bicyclic) bond motifs is 9. The molecule has 0 atom stereocenters. The van der Waals surface area contributed by atoms with Crippen LogP contribution in [0.1, 0.15) is 0 Å². The maximum absolute atomic E-state index is 6.32. The lowest BCUT2D eigenvalue weighted by Gasteiger charge is -2.12. The van der Waals surface area contributed by atoms with E-state index in [-0.39, 0.29) is 0 Å². The molecule has 0 bridgehead atoms. The van der Waals surface area contributed by atoms with Crippen molar-refractivity contribution in [3.05, 3.63) is 212 Å². The quantitative estimate of drug-likeness (QED) is 0.156. The van der Waals surface area contributed by atoms with Gasteiger partial charge in [0.2, 0.25) is 0 Å². The van der Waals surface area contributed by atoms with Crippen molar-refractivity contribution in [1.29, 1.82) is 0 Å². The number of hydrogen-bond donors (Lipinski definition) is 0. The molecule has 5 heterocycles. The number of rotatable bonds is 7. The second-order valence-corrected chi connectivity index (χ2v) is 17.2. The van der Waals surface area contributed by atoms with Crippen molar-refractivity contribution in [3.63, 3.8) is 0 Å². The van der Waals surface area contributed by atoms with Crippen LogP contribution in [-0.2, 0) is 0 Å². The van der Waals surface area contributed by atoms with Gasteiger partial charge in [0.15, 0.2) is 23.3 Å². The second kappa shape index (κ2) is 15.5. The van der Waals surface area contributed by atoms with Crippen molar-refractivity contribution < 1.29 is 13.3 Å². The van der Waals surface area contributed by atoms with E-state index in [9.17, 15) is 0 Å². The third kappa shape index (κ3) is 6.73. The van der Waals surface area contributed by atoms with Gasteiger partial charge in [-0.25, -0.2) is 24.9 Å². The Labute approximate surface area is 393 Å². The number of hydrogen-bond acceptors (Lipinski definition) is 8. The van der Waals surface area contributed by atoms with Crippen LogP contribution in [0.2, 0.25) is 0 Å². The van der Waals surface area contributed by atoms with Crippen LogP contribution in [0.25, 0.3) is 145 Å². The zero-order chi connectivity index (χ0) is 45.4. The molecular weight excluding hydrogens is 851 g/mol. The highest BCUT2D eigenvalue weighted by atomic mass is 16.3. The highest BCUT2D eigenvalue weighted by Gasteiger charge is 2.18. The van der Waals surface area contributed by atoms with Crippen LogP contribution in [0.3, 0.4) is 0 Å². The third-order valence-electron chi connectivity index (χ3n) is 13.0. The molecule has 69 heavy (non-hydrogen) atoms. The van der Waals surface area contributed by atoms with Crippen molar-refractivity contribution in [2.75, 3.05) is 0 Å². The largest absolute Gasteiger partial charge is 0.456 e. The van der Waals surface area contributed by atoms with Crippen LogP contribution in [0.15, 0.2) is 226 Å². The van der Waals surface area contributed by atoms with E-state index in [0.29, 0.717) is 23.3 Å².